The molecule has 0 aliphatic carbocycles. The summed E-state index contributed by atoms with van der Waals surface area (Å²) in [6.07, 6.45) is 0. The van der Waals surface area contributed by atoms with Crippen LogP contribution in [0.3, 0.4) is 0 Å². The first kappa shape index (κ1) is 16.0. The molecule has 1 heterocycles. The van der Waals surface area contributed by atoms with Gasteiger partial charge in [-0.05, 0) is 19.1 Å². The molecule has 1 aromatic rings. The van der Waals surface area contributed by atoms with Gasteiger partial charge in [-0.3, -0.25) is 4.79 Å². The maximum absolute atomic E-state index is 12.3. The van der Waals surface area contributed by atoms with Crippen molar-refractivity contribution in [3.05, 3.63) is 23.7 Å². The number of halogens is 1. The minimum Gasteiger partial charge on any atom is -0.454 e. The first-order valence-electron chi connectivity index (χ1n) is 6.11. The summed E-state index contributed by atoms with van der Waals surface area (Å²) in [5.41, 5.74) is 0. The highest BCUT2D eigenvalue weighted by Crippen LogP contribution is 2.22. The number of nitrogens with zero attached hydrogens (tertiary/aromatic N) is 1. The fraction of sp³-hybridized carbons (Fsp3) is 0.615. The lowest BCUT2D eigenvalue weighted by Crippen LogP contribution is -2.36. The second kappa shape index (κ2) is 8.19. The third-order valence-corrected chi connectivity index (χ3v) is 2.86. The van der Waals surface area contributed by atoms with Gasteiger partial charge >= 0.3 is 0 Å². The Morgan fingerprint density at radius 2 is 1.89 bits per heavy atom. The molecular formula is C13H20ClNO4. The van der Waals surface area contributed by atoms with Crippen LogP contribution < -0.4 is 0 Å². The number of hydrogen-bond acceptors (Lipinski definition) is 4. The first-order chi connectivity index (χ1) is 9.10. The van der Waals surface area contributed by atoms with Crippen molar-refractivity contribution in [2.24, 2.45) is 0 Å². The first-order valence-corrected chi connectivity index (χ1v) is 6.54. The number of ether oxygens (including phenoxy) is 2. The van der Waals surface area contributed by atoms with Crippen LogP contribution in [0, 0.1) is 0 Å². The second-order valence-corrected chi connectivity index (χ2v) is 4.75. The molecule has 1 rings (SSSR count). The van der Waals surface area contributed by atoms with Crippen LogP contribution in [0.15, 0.2) is 16.5 Å². The lowest BCUT2D eigenvalue weighted by Gasteiger charge is -2.20. The third-order valence-electron chi connectivity index (χ3n) is 2.65. The van der Waals surface area contributed by atoms with E-state index in [0.717, 1.165) is 0 Å². The second-order valence-electron chi connectivity index (χ2n) is 4.10. The van der Waals surface area contributed by atoms with E-state index in [2.05, 4.69) is 0 Å². The van der Waals surface area contributed by atoms with E-state index in [0.29, 0.717) is 32.1 Å². The summed E-state index contributed by atoms with van der Waals surface area (Å²) < 4.78 is 15.4. The van der Waals surface area contributed by atoms with E-state index < -0.39 is 0 Å². The van der Waals surface area contributed by atoms with Crippen LogP contribution >= 0.6 is 11.6 Å². The molecule has 0 bridgehead atoms. The molecule has 0 aromatic carbocycles. The number of hydrogen-bond donors (Lipinski definition) is 0. The molecule has 108 valence electrons. The normalized spacial score (nSPS) is 12.4. The molecule has 0 N–H and O–H groups in total. The molecule has 1 atom stereocenters. The standard InChI is InChI=1S/C13H20ClNO4/c1-10(14)11-4-5-12(19-11)13(16)15(6-8-17-2)7-9-18-3/h4-5,10H,6-9H2,1-3H3. The third kappa shape index (κ3) is 4.86. The molecule has 6 heteroatoms. The van der Waals surface area contributed by atoms with E-state index in [4.69, 9.17) is 25.5 Å². The van der Waals surface area contributed by atoms with Crippen molar-refractivity contribution in [3.8, 4) is 0 Å². The summed E-state index contributed by atoms with van der Waals surface area (Å²) in [5.74, 6) is 0.691. The van der Waals surface area contributed by atoms with Gasteiger partial charge in [0.25, 0.3) is 5.91 Å². The van der Waals surface area contributed by atoms with E-state index in [1.54, 1.807) is 38.2 Å². The predicted octanol–water partition coefficient (Wildman–Crippen LogP) is 2.31. The molecule has 1 aromatic heterocycles. The van der Waals surface area contributed by atoms with Gasteiger partial charge in [-0.2, -0.15) is 0 Å². The molecule has 0 aliphatic heterocycles. The Morgan fingerprint density at radius 1 is 1.32 bits per heavy atom. The molecule has 0 spiro atoms. The summed E-state index contributed by atoms with van der Waals surface area (Å²) in [4.78, 5) is 13.9. The number of methoxy groups -OCH3 is 2. The monoisotopic (exact) mass is 289 g/mol. The van der Waals surface area contributed by atoms with Crippen LogP contribution in [0.1, 0.15) is 28.6 Å². The molecule has 1 amide bonds. The molecule has 1 unspecified atom stereocenters. The number of alkyl halides is 1. The minimum atomic E-state index is -0.257. The topological polar surface area (TPSA) is 51.9 Å². The highest BCUT2D eigenvalue weighted by Gasteiger charge is 2.19. The quantitative estimate of drug-likeness (QED) is 0.689. The highest BCUT2D eigenvalue weighted by molar-refractivity contribution is 6.20. The van der Waals surface area contributed by atoms with Gasteiger partial charge in [0.05, 0.1) is 18.6 Å². The number of rotatable bonds is 8. The number of carbonyl (C=O) groups is 1. The van der Waals surface area contributed by atoms with Crippen molar-refractivity contribution in [3.63, 3.8) is 0 Å². The van der Waals surface area contributed by atoms with Crippen molar-refractivity contribution >= 4 is 17.5 Å². The number of furan rings is 1. The van der Waals surface area contributed by atoms with Crippen molar-refractivity contribution in [2.45, 2.75) is 12.3 Å². The lowest BCUT2D eigenvalue weighted by molar-refractivity contribution is 0.0596. The van der Waals surface area contributed by atoms with Gasteiger partial charge in [-0.25, -0.2) is 0 Å². The summed E-state index contributed by atoms with van der Waals surface area (Å²) in [5, 5.41) is -0.257. The Bertz CT molecular complexity index is 384. The van der Waals surface area contributed by atoms with Crippen LogP contribution in [0.5, 0.6) is 0 Å². The fourth-order valence-electron chi connectivity index (χ4n) is 1.56. The fourth-order valence-corrected chi connectivity index (χ4v) is 1.67. The smallest absolute Gasteiger partial charge is 0.289 e. The van der Waals surface area contributed by atoms with Crippen molar-refractivity contribution in [1.29, 1.82) is 0 Å². The minimum absolute atomic E-state index is 0.183. The van der Waals surface area contributed by atoms with E-state index in [1.165, 1.54) is 0 Å². The molecule has 5 nitrogen and oxygen atoms in total. The zero-order valence-electron chi connectivity index (χ0n) is 11.5. The van der Waals surface area contributed by atoms with Crippen LogP contribution in [0.4, 0.5) is 0 Å². The summed E-state index contributed by atoms with van der Waals surface area (Å²) in [7, 11) is 3.19. The Morgan fingerprint density at radius 3 is 2.32 bits per heavy atom. The van der Waals surface area contributed by atoms with Crippen molar-refractivity contribution in [1.82, 2.24) is 4.90 Å². The highest BCUT2D eigenvalue weighted by atomic mass is 35.5. The van der Waals surface area contributed by atoms with Crippen LogP contribution in [-0.4, -0.2) is 51.3 Å². The SMILES string of the molecule is COCCN(CCOC)C(=O)c1ccc(C(C)Cl)o1. The van der Waals surface area contributed by atoms with Crippen LogP contribution in [-0.2, 0) is 9.47 Å². The Balaban J connectivity index is 2.72. The van der Waals surface area contributed by atoms with Crippen molar-refractivity contribution < 1.29 is 18.7 Å². The predicted molar refractivity (Wildman–Crippen MR) is 72.6 cm³/mol. The van der Waals surface area contributed by atoms with Crippen molar-refractivity contribution in [2.75, 3.05) is 40.5 Å². The zero-order chi connectivity index (χ0) is 14.3. The van der Waals surface area contributed by atoms with E-state index in [-0.39, 0.29) is 17.0 Å². The Kier molecular flexibility index (Phi) is 6.91. The van der Waals surface area contributed by atoms with E-state index in [9.17, 15) is 4.79 Å². The van der Waals surface area contributed by atoms with Crippen LogP contribution in [0.25, 0.3) is 0 Å². The van der Waals surface area contributed by atoms with Gasteiger partial charge in [0.1, 0.15) is 5.76 Å². The molecule has 0 saturated heterocycles. The molecule has 0 aliphatic rings. The summed E-state index contributed by atoms with van der Waals surface area (Å²) in [6, 6.07) is 3.36. The maximum Gasteiger partial charge on any atom is 0.289 e. The largest absolute Gasteiger partial charge is 0.454 e. The van der Waals surface area contributed by atoms with Gasteiger partial charge in [-0.1, -0.05) is 0 Å². The Hall–Kier alpha value is -1.04. The van der Waals surface area contributed by atoms with Gasteiger partial charge in [0.2, 0.25) is 0 Å². The van der Waals surface area contributed by atoms with Gasteiger partial charge in [0, 0.05) is 27.3 Å². The summed E-state index contributed by atoms with van der Waals surface area (Å²) >= 11 is 5.91. The van der Waals surface area contributed by atoms with Crippen LogP contribution in [0.2, 0.25) is 0 Å². The molecule has 0 fully saturated rings. The maximum atomic E-state index is 12.3. The molecule has 0 saturated carbocycles. The zero-order valence-corrected chi connectivity index (χ0v) is 12.3. The van der Waals surface area contributed by atoms with Gasteiger partial charge in [0.15, 0.2) is 5.76 Å². The molecule has 19 heavy (non-hydrogen) atoms. The van der Waals surface area contributed by atoms with Gasteiger partial charge in [-0.15, -0.1) is 11.6 Å². The van der Waals surface area contributed by atoms with Gasteiger partial charge < -0.3 is 18.8 Å². The average molecular weight is 290 g/mol. The van der Waals surface area contributed by atoms with E-state index >= 15 is 0 Å². The summed E-state index contributed by atoms with van der Waals surface area (Å²) in [6.45, 7) is 3.71. The van der Waals surface area contributed by atoms with E-state index in [1.807, 2.05) is 0 Å². The average Bonchev–Trinajstić information content (AvgIpc) is 2.88. The Labute approximate surface area is 118 Å². The number of carbonyl (C=O) groups excluding carboxylic acids is 1. The number of amides is 1. The molecular weight excluding hydrogens is 270 g/mol. The lowest BCUT2D eigenvalue weighted by atomic mass is 10.3. The molecule has 0 radical (unpaired) electrons.